The Morgan fingerprint density at radius 2 is 2.00 bits per heavy atom. The molecule has 4 heteroatoms. The number of β-lactam (4-membered cyclic amide) rings is 1. The number of hydrogen-bond acceptors (Lipinski definition) is 3. The summed E-state index contributed by atoms with van der Waals surface area (Å²) >= 11 is 0. The van der Waals surface area contributed by atoms with Crippen molar-refractivity contribution in [2.75, 3.05) is 6.54 Å². The van der Waals surface area contributed by atoms with Gasteiger partial charge < -0.3 is 14.4 Å². The molecule has 0 aliphatic carbocycles. The van der Waals surface area contributed by atoms with Crippen LogP contribution >= 0.6 is 0 Å². The molecule has 3 rings (SSSR count). The molecule has 1 aromatic rings. The maximum atomic E-state index is 12.6. The summed E-state index contributed by atoms with van der Waals surface area (Å²) in [6.45, 7) is 12.3. The average molecular weight is 325 g/mol. The van der Waals surface area contributed by atoms with E-state index in [0.717, 1.165) is 5.56 Å². The molecule has 0 unspecified atom stereocenters. The van der Waals surface area contributed by atoms with Crippen LogP contribution in [0.1, 0.15) is 12.0 Å². The summed E-state index contributed by atoms with van der Waals surface area (Å²) in [5, 5.41) is 0. The lowest BCUT2D eigenvalue weighted by molar-refractivity contribution is -0.200. The molecule has 4 atom stereocenters. The number of carbonyl (C=O) groups is 1. The summed E-state index contributed by atoms with van der Waals surface area (Å²) in [7, 11) is 0. The number of hydrogen-bond donors (Lipinski definition) is 0. The molecule has 4 nitrogen and oxygen atoms in total. The third-order valence-corrected chi connectivity index (χ3v) is 4.84. The fourth-order valence-corrected chi connectivity index (χ4v) is 3.71. The molecule has 2 aliphatic heterocycles. The Bertz CT molecular complexity index is 642. The maximum Gasteiger partial charge on any atom is 0.255 e. The number of nitrogens with zero attached hydrogens (tertiary/aromatic N) is 1. The summed E-state index contributed by atoms with van der Waals surface area (Å²) < 4.78 is 12.0. The second-order valence-electron chi connectivity index (χ2n) is 6.18. The highest BCUT2D eigenvalue weighted by molar-refractivity contribution is 5.91. The van der Waals surface area contributed by atoms with Crippen molar-refractivity contribution in [1.29, 1.82) is 0 Å². The maximum absolute atomic E-state index is 12.6. The van der Waals surface area contributed by atoms with Crippen LogP contribution in [0.3, 0.4) is 0 Å². The second-order valence-corrected chi connectivity index (χ2v) is 6.18. The zero-order valence-electron chi connectivity index (χ0n) is 13.8. The topological polar surface area (TPSA) is 38.8 Å². The van der Waals surface area contributed by atoms with E-state index >= 15 is 0 Å². The first-order valence-corrected chi connectivity index (χ1v) is 8.16. The number of ether oxygens (including phenoxy) is 2. The first-order chi connectivity index (χ1) is 11.7. The van der Waals surface area contributed by atoms with Crippen molar-refractivity contribution in [2.24, 2.45) is 0 Å². The summed E-state index contributed by atoms with van der Waals surface area (Å²) in [4.78, 5) is 14.4. The SMILES string of the molecule is C=CCN1C(=O)[C@H](OCc2ccccc2)[C@@]12C[C@H](C=C)O[C@@H]2C=C. The zero-order chi connectivity index (χ0) is 17.2. The van der Waals surface area contributed by atoms with Gasteiger partial charge in [-0.05, 0) is 5.56 Å². The van der Waals surface area contributed by atoms with E-state index < -0.39 is 11.6 Å². The van der Waals surface area contributed by atoms with Crippen LogP contribution in [0.25, 0.3) is 0 Å². The smallest absolute Gasteiger partial charge is 0.255 e. The highest BCUT2D eigenvalue weighted by atomic mass is 16.5. The van der Waals surface area contributed by atoms with Gasteiger partial charge in [0.05, 0.1) is 12.7 Å². The number of carbonyl (C=O) groups excluding carboxylic acids is 1. The van der Waals surface area contributed by atoms with E-state index in [1.54, 1.807) is 23.1 Å². The summed E-state index contributed by atoms with van der Waals surface area (Å²) in [5.41, 5.74) is 0.512. The van der Waals surface area contributed by atoms with Gasteiger partial charge in [0.2, 0.25) is 0 Å². The lowest BCUT2D eigenvalue weighted by Gasteiger charge is -2.56. The minimum atomic E-state index is -0.536. The Morgan fingerprint density at radius 3 is 2.62 bits per heavy atom. The summed E-state index contributed by atoms with van der Waals surface area (Å²) in [6.07, 6.45) is 4.99. The Morgan fingerprint density at radius 1 is 1.25 bits per heavy atom. The molecule has 126 valence electrons. The van der Waals surface area contributed by atoms with Gasteiger partial charge in [-0.2, -0.15) is 0 Å². The Kier molecular flexibility index (Phi) is 4.69. The molecule has 2 fully saturated rings. The van der Waals surface area contributed by atoms with Crippen LogP contribution in [-0.2, 0) is 20.9 Å². The van der Waals surface area contributed by atoms with Crippen LogP contribution in [0.2, 0.25) is 0 Å². The largest absolute Gasteiger partial charge is 0.364 e. The molecule has 2 aliphatic rings. The quantitative estimate of drug-likeness (QED) is 0.571. The fourth-order valence-electron chi connectivity index (χ4n) is 3.71. The molecule has 1 amide bonds. The third-order valence-electron chi connectivity index (χ3n) is 4.84. The van der Waals surface area contributed by atoms with E-state index in [1.807, 2.05) is 30.3 Å². The predicted molar refractivity (Wildman–Crippen MR) is 93.3 cm³/mol. The first-order valence-electron chi connectivity index (χ1n) is 8.16. The van der Waals surface area contributed by atoms with E-state index in [-0.39, 0.29) is 18.1 Å². The normalized spacial score (nSPS) is 31.8. The number of likely N-dealkylation sites (tertiary alicyclic amines) is 1. The fraction of sp³-hybridized carbons (Fsp3) is 0.350. The van der Waals surface area contributed by atoms with E-state index in [2.05, 4.69) is 19.7 Å². The van der Waals surface area contributed by atoms with Crippen molar-refractivity contribution in [3.8, 4) is 0 Å². The van der Waals surface area contributed by atoms with E-state index in [0.29, 0.717) is 19.6 Å². The standard InChI is InChI=1S/C20H23NO3/c1-4-12-21-19(22)18(23-14-15-10-8-7-9-11-15)20(21)13-16(5-2)24-17(20)6-3/h4-11,16-18H,1-3,12-14H2/t16-,17+,18-,20-/m0/s1. The van der Waals surface area contributed by atoms with Gasteiger partial charge in [-0.1, -0.05) is 48.6 Å². The first kappa shape index (κ1) is 16.7. The third kappa shape index (κ3) is 2.52. The monoisotopic (exact) mass is 325 g/mol. The Hall–Kier alpha value is -2.17. The molecule has 1 aromatic carbocycles. The highest BCUT2D eigenvalue weighted by Gasteiger charge is 2.67. The lowest BCUT2D eigenvalue weighted by Crippen LogP contribution is -2.77. The molecule has 24 heavy (non-hydrogen) atoms. The van der Waals surface area contributed by atoms with Gasteiger partial charge in [0.25, 0.3) is 5.91 Å². The van der Waals surface area contributed by atoms with Gasteiger partial charge in [-0.15, -0.1) is 19.7 Å². The van der Waals surface area contributed by atoms with Gasteiger partial charge >= 0.3 is 0 Å². The molecule has 0 bridgehead atoms. The number of rotatable bonds is 7. The van der Waals surface area contributed by atoms with Gasteiger partial charge in [0.1, 0.15) is 11.6 Å². The zero-order valence-corrected chi connectivity index (χ0v) is 13.8. The van der Waals surface area contributed by atoms with E-state index in [9.17, 15) is 4.79 Å². The second kappa shape index (κ2) is 6.75. The highest BCUT2D eigenvalue weighted by Crippen LogP contribution is 2.48. The Balaban J connectivity index is 1.84. The van der Waals surface area contributed by atoms with Crippen LogP contribution in [0.4, 0.5) is 0 Å². The van der Waals surface area contributed by atoms with Crippen molar-refractivity contribution in [3.63, 3.8) is 0 Å². The lowest BCUT2D eigenvalue weighted by atomic mass is 9.73. The minimum absolute atomic E-state index is 0.0222. The number of amides is 1. The van der Waals surface area contributed by atoms with Gasteiger partial charge in [-0.3, -0.25) is 4.79 Å². The molecule has 2 heterocycles. The van der Waals surface area contributed by atoms with E-state index in [1.165, 1.54) is 0 Å². The number of benzene rings is 1. The molecule has 2 saturated heterocycles. The van der Waals surface area contributed by atoms with Crippen LogP contribution in [0.5, 0.6) is 0 Å². The molecule has 1 spiro atoms. The predicted octanol–water partition coefficient (Wildman–Crippen LogP) is 2.87. The average Bonchev–Trinajstić information content (AvgIpc) is 3.01. The van der Waals surface area contributed by atoms with Crippen molar-refractivity contribution in [3.05, 3.63) is 73.9 Å². The molecule has 0 N–H and O–H groups in total. The summed E-state index contributed by atoms with van der Waals surface area (Å²) in [6, 6.07) is 9.85. The molecular formula is C20H23NO3. The molecule has 0 aromatic heterocycles. The summed E-state index contributed by atoms with van der Waals surface area (Å²) in [5.74, 6) is -0.0222. The minimum Gasteiger partial charge on any atom is -0.364 e. The van der Waals surface area contributed by atoms with Crippen molar-refractivity contribution in [1.82, 2.24) is 4.90 Å². The van der Waals surface area contributed by atoms with Crippen molar-refractivity contribution >= 4 is 5.91 Å². The van der Waals surface area contributed by atoms with Crippen LogP contribution in [0.15, 0.2) is 68.3 Å². The van der Waals surface area contributed by atoms with Gasteiger partial charge in [-0.25, -0.2) is 0 Å². The van der Waals surface area contributed by atoms with Crippen LogP contribution in [-0.4, -0.2) is 41.2 Å². The van der Waals surface area contributed by atoms with Crippen LogP contribution in [0, 0.1) is 0 Å². The molecule has 0 saturated carbocycles. The van der Waals surface area contributed by atoms with E-state index in [4.69, 9.17) is 9.47 Å². The van der Waals surface area contributed by atoms with Crippen molar-refractivity contribution < 1.29 is 14.3 Å². The Labute approximate surface area is 143 Å². The van der Waals surface area contributed by atoms with Gasteiger partial charge in [0.15, 0.2) is 6.10 Å². The van der Waals surface area contributed by atoms with Gasteiger partial charge in [0, 0.05) is 13.0 Å². The molecule has 0 radical (unpaired) electrons. The van der Waals surface area contributed by atoms with Crippen LogP contribution < -0.4 is 0 Å². The molecular weight excluding hydrogens is 302 g/mol. The van der Waals surface area contributed by atoms with Crippen molar-refractivity contribution in [2.45, 2.75) is 36.9 Å².